The molecule has 14 heteroatoms. The van der Waals surface area contributed by atoms with Crippen LogP contribution in [0, 0.1) is 0 Å². The first-order valence-corrected chi connectivity index (χ1v) is 14.7. The van der Waals surface area contributed by atoms with Crippen LogP contribution in [0.25, 0.3) is 0 Å². The van der Waals surface area contributed by atoms with Crippen molar-refractivity contribution in [2.75, 3.05) is 72.0 Å². The number of carboxylic acids is 4. The Hall–Kier alpha value is -4.37. The van der Waals surface area contributed by atoms with E-state index in [1.165, 1.54) is 0 Å². The molecule has 0 spiro atoms. The average molecular weight is 628 g/mol. The molecule has 5 N–H and O–H groups in total. The van der Waals surface area contributed by atoms with E-state index < -0.39 is 35.8 Å². The zero-order chi connectivity index (χ0) is 32.8. The number of benzene rings is 2. The second-order valence-electron chi connectivity index (χ2n) is 11.0. The molecule has 1 amide bonds. The molecule has 1 heterocycles. The van der Waals surface area contributed by atoms with Gasteiger partial charge < -0.3 is 25.7 Å². The third kappa shape index (κ3) is 13.0. The molecule has 0 aromatic heterocycles. The molecule has 1 aliphatic heterocycles. The largest absolute Gasteiger partial charge is 0.480 e. The quantitative estimate of drug-likeness (QED) is 0.201. The number of nitrogens with zero attached hydrogens (tertiary/aromatic N) is 4. The molecule has 0 radical (unpaired) electrons. The Bertz CT molecular complexity index is 1260. The zero-order valence-electron chi connectivity index (χ0n) is 25.1. The Morgan fingerprint density at radius 3 is 1.40 bits per heavy atom. The fraction of sp³-hybridized carbons (Fsp3) is 0.452. The van der Waals surface area contributed by atoms with Gasteiger partial charge >= 0.3 is 23.9 Å². The predicted molar refractivity (Wildman–Crippen MR) is 163 cm³/mol. The zero-order valence-corrected chi connectivity index (χ0v) is 25.1. The van der Waals surface area contributed by atoms with Crippen LogP contribution in [-0.4, -0.2) is 148 Å². The lowest BCUT2D eigenvalue weighted by Crippen LogP contribution is -2.48. The summed E-state index contributed by atoms with van der Waals surface area (Å²) in [7, 11) is 0. The van der Waals surface area contributed by atoms with Crippen LogP contribution in [0.5, 0.6) is 0 Å². The number of carboxylic acid groups (broad SMARTS) is 4. The van der Waals surface area contributed by atoms with Crippen molar-refractivity contribution in [2.45, 2.75) is 19.0 Å². The molecule has 2 aromatic carbocycles. The third-order valence-electron chi connectivity index (χ3n) is 7.51. The van der Waals surface area contributed by atoms with E-state index in [9.17, 15) is 44.4 Å². The number of nitrogens with one attached hydrogen (secondary N) is 1. The highest BCUT2D eigenvalue weighted by molar-refractivity contribution is 5.96. The van der Waals surface area contributed by atoms with E-state index in [1.54, 1.807) is 63.2 Å². The minimum Gasteiger partial charge on any atom is -0.480 e. The van der Waals surface area contributed by atoms with Crippen molar-refractivity contribution in [3.63, 3.8) is 0 Å². The van der Waals surface area contributed by atoms with E-state index in [0.29, 0.717) is 64.5 Å². The highest BCUT2D eigenvalue weighted by atomic mass is 16.4. The molecule has 1 atom stereocenters. The fourth-order valence-corrected chi connectivity index (χ4v) is 5.10. The average Bonchev–Trinajstić information content (AvgIpc) is 2.98. The Kier molecular flexibility index (Phi) is 13.9. The molecule has 2 aromatic rings. The van der Waals surface area contributed by atoms with Crippen LogP contribution in [0.2, 0.25) is 0 Å². The molecule has 1 unspecified atom stereocenters. The number of hydrogen-bond donors (Lipinski definition) is 5. The maximum atomic E-state index is 12.9. The summed E-state index contributed by atoms with van der Waals surface area (Å²) in [5, 5.41) is 40.4. The number of carbonyl (C=O) groups is 5. The second kappa shape index (κ2) is 17.8. The summed E-state index contributed by atoms with van der Waals surface area (Å²) in [5.41, 5.74) is 1.95. The third-order valence-corrected chi connectivity index (χ3v) is 7.51. The lowest BCUT2D eigenvalue weighted by molar-refractivity contribution is -0.140. The van der Waals surface area contributed by atoms with Crippen molar-refractivity contribution in [2.24, 2.45) is 0 Å². The smallest absolute Gasteiger partial charge is 0.326 e. The van der Waals surface area contributed by atoms with Gasteiger partial charge in [0.05, 0.1) is 19.6 Å². The van der Waals surface area contributed by atoms with Crippen molar-refractivity contribution < 1.29 is 44.4 Å². The number of amides is 1. The fourth-order valence-electron chi connectivity index (χ4n) is 5.10. The second-order valence-corrected chi connectivity index (χ2v) is 11.0. The lowest BCUT2D eigenvalue weighted by Gasteiger charge is -2.33. The minimum absolute atomic E-state index is 0.143. The predicted octanol–water partition coefficient (Wildman–Crippen LogP) is 0.0877. The molecule has 0 bridgehead atoms. The maximum absolute atomic E-state index is 12.9. The summed E-state index contributed by atoms with van der Waals surface area (Å²) in [5.74, 6) is -4.65. The number of hydrogen-bond acceptors (Lipinski definition) is 9. The highest BCUT2D eigenvalue weighted by Crippen LogP contribution is 2.11. The molecule has 1 saturated heterocycles. The summed E-state index contributed by atoms with van der Waals surface area (Å²) >= 11 is 0. The van der Waals surface area contributed by atoms with Crippen molar-refractivity contribution in [1.82, 2.24) is 24.9 Å². The number of aliphatic carboxylic acids is 4. The van der Waals surface area contributed by atoms with Crippen LogP contribution < -0.4 is 5.32 Å². The van der Waals surface area contributed by atoms with Crippen LogP contribution in [0.3, 0.4) is 0 Å². The molecule has 3 rings (SSSR count). The van der Waals surface area contributed by atoms with Gasteiger partial charge in [-0.2, -0.15) is 0 Å². The summed E-state index contributed by atoms with van der Waals surface area (Å²) < 4.78 is 0. The van der Waals surface area contributed by atoms with Gasteiger partial charge in [-0.05, 0) is 23.3 Å². The van der Waals surface area contributed by atoms with E-state index in [4.69, 9.17) is 0 Å². The molecular formula is C31H41N5O9. The standard InChI is InChI=1S/C31H41N5O9/c37-27(38)20-34-12-10-33(11-13-35(21-28(39)40)15-17-36(16-14-34)22-29(41)42)19-24-6-8-25(9-7-24)30(43)32-26(31(44)45)18-23-4-2-1-3-5-23/h1-9,26H,10-22H2,(H,32,43)(H,37,38)(H,39,40)(H,41,42)(H,44,45). The SMILES string of the molecule is O=C(O)CN1CCN(CC(=O)O)CCN(Cc2ccc(C(=O)NC(Cc3ccccc3)C(=O)O)cc2)CCN(CC(=O)O)CC1. The summed E-state index contributed by atoms with van der Waals surface area (Å²) in [6.45, 7) is 2.83. The van der Waals surface area contributed by atoms with E-state index in [-0.39, 0.29) is 26.1 Å². The molecule has 0 aliphatic carbocycles. The Morgan fingerprint density at radius 2 is 1.00 bits per heavy atom. The van der Waals surface area contributed by atoms with Gasteiger partial charge in [0.25, 0.3) is 5.91 Å². The van der Waals surface area contributed by atoms with Gasteiger partial charge in [0.1, 0.15) is 6.04 Å². The van der Waals surface area contributed by atoms with Gasteiger partial charge in [-0.25, -0.2) is 4.79 Å². The first-order chi connectivity index (χ1) is 21.5. The molecule has 1 fully saturated rings. The summed E-state index contributed by atoms with van der Waals surface area (Å²) in [6, 6.07) is 14.7. The number of carbonyl (C=O) groups excluding carboxylic acids is 1. The van der Waals surface area contributed by atoms with E-state index in [2.05, 4.69) is 10.2 Å². The van der Waals surface area contributed by atoms with Gasteiger partial charge in [0, 0.05) is 70.9 Å². The van der Waals surface area contributed by atoms with E-state index in [1.807, 2.05) is 6.07 Å². The van der Waals surface area contributed by atoms with E-state index >= 15 is 0 Å². The van der Waals surface area contributed by atoms with Crippen molar-refractivity contribution in [1.29, 1.82) is 0 Å². The Labute approximate surface area is 261 Å². The number of rotatable bonds is 13. The first kappa shape index (κ1) is 35.1. The van der Waals surface area contributed by atoms with Gasteiger partial charge in [-0.15, -0.1) is 0 Å². The Balaban J connectivity index is 1.69. The van der Waals surface area contributed by atoms with Crippen LogP contribution in [0.1, 0.15) is 21.5 Å². The van der Waals surface area contributed by atoms with Crippen molar-refractivity contribution >= 4 is 29.8 Å². The normalized spacial score (nSPS) is 17.0. The van der Waals surface area contributed by atoms with Crippen LogP contribution >= 0.6 is 0 Å². The molecular weight excluding hydrogens is 586 g/mol. The molecule has 244 valence electrons. The summed E-state index contributed by atoms with van der Waals surface area (Å²) in [6.07, 6.45) is 0.143. The summed E-state index contributed by atoms with van der Waals surface area (Å²) in [4.78, 5) is 66.3. The topological polar surface area (TPSA) is 191 Å². The van der Waals surface area contributed by atoms with Crippen molar-refractivity contribution in [3.8, 4) is 0 Å². The molecule has 14 nitrogen and oxygen atoms in total. The first-order valence-electron chi connectivity index (χ1n) is 14.7. The molecule has 45 heavy (non-hydrogen) atoms. The van der Waals surface area contributed by atoms with Gasteiger partial charge in [-0.1, -0.05) is 42.5 Å². The maximum Gasteiger partial charge on any atom is 0.326 e. The van der Waals surface area contributed by atoms with Gasteiger partial charge in [0.2, 0.25) is 0 Å². The lowest BCUT2D eigenvalue weighted by atomic mass is 10.1. The monoisotopic (exact) mass is 627 g/mol. The Morgan fingerprint density at radius 1 is 0.578 bits per heavy atom. The molecule has 1 aliphatic rings. The van der Waals surface area contributed by atoms with Gasteiger partial charge in [-0.3, -0.25) is 38.8 Å². The van der Waals surface area contributed by atoms with Crippen LogP contribution in [0.15, 0.2) is 54.6 Å². The highest BCUT2D eigenvalue weighted by Gasteiger charge is 2.22. The van der Waals surface area contributed by atoms with Crippen molar-refractivity contribution in [3.05, 3.63) is 71.3 Å². The van der Waals surface area contributed by atoms with E-state index in [0.717, 1.165) is 11.1 Å². The van der Waals surface area contributed by atoms with Gasteiger partial charge in [0.15, 0.2) is 0 Å². The minimum atomic E-state index is -1.14. The molecule has 0 saturated carbocycles. The van der Waals surface area contributed by atoms with Crippen LogP contribution in [-0.2, 0) is 32.1 Å². The van der Waals surface area contributed by atoms with Crippen LogP contribution in [0.4, 0.5) is 0 Å².